The highest BCUT2D eigenvalue weighted by molar-refractivity contribution is 9.10. The molecule has 104 valence electrons. The summed E-state index contributed by atoms with van der Waals surface area (Å²) >= 11 is 6.73. The lowest BCUT2D eigenvalue weighted by Gasteiger charge is -2.19. The summed E-state index contributed by atoms with van der Waals surface area (Å²) in [5, 5.41) is 0. The summed E-state index contributed by atoms with van der Waals surface area (Å²) in [7, 11) is -3.48. The Morgan fingerprint density at radius 3 is 2.30 bits per heavy atom. The lowest BCUT2D eigenvalue weighted by Crippen LogP contribution is -2.29. The average Bonchev–Trinajstić information content (AvgIpc) is 2.82. The quantitative estimate of drug-likeness (QED) is 0.742. The number of fused-ring (bicyclic) bond motifs is 1. The van der Waals surface area contributed by atoms with Crippen molar-refractivity contribution in [1.82, 2.24) is 0 Å². The van der Waals surface area contributed by atoms with Gasteiger partial charge in [0, 0.05) is 15.5 Å². The second-order valence-corrected chi connectivity index (χ2v) is 8.25. The van der Waals surface area contributed by atoms with Crippen LogP contribution in [-0.2, 0) is 16.4 Å². The molecular weight excluding hydrogens is 406 g/mol. The van der Waals surface area contributed by atoms with Gasteiger partial charge in [0.05, 0.1) is 10.6 Å². The largest absolute Gasteiger partial charge is 0.266 e. The van der Waals surface area contributed by atoms with E-state index in [-0.39, 0.29) is 0 Å². The Morgan fingerprint density at radius 2 is 1.60 bits per heavy atom. The molecule has 6 heteroatoms. The van der Waals surface area contributed by atoms with Gasteiger partial charge in [-0.2, -0.15) is 0 Å². The molecule has 20 heavy (non-hydrogen) atoms. The van der Waals surface area contributed by atoms with Gasteiger partial charge in [-0.3, -0.25) is 4.31 Å². The van der Waals surface area contributed by atoms with E-state index in [0.717, 1.165) is 26.6 Å². The fraction of sp³-hybridized carbons (Fsp3) is 0.143. The molecule has 1 aliphatic heterocycles. The van der Waals surface area contributed by atoms with E-state index in [1.165, 1.54) is 4.31 Å². The first-order valence-electron chi connectivity index (χ1n) is 6.05. The van der Waals surface area contributed by atoms with Crippen LogP contribution in [0.4, 0.5) is 5.69 Å². The third-order valence-electron chi connectivity index (χ3n) is 3.30. The van der Waals surface area contributed by atoms with Crippen molar-refractivity contribution in [3.05, 3.63) is 57.0 Å². The molecule has 3 rings (SSSR count). The Labute approximate surface area is 134 Å². The van der Waals surface area contributed by atoms with Crippen molar-refractivity contribution in [1.29, 1.82) is 0 Å². The second kappa shape index (κ2) is 5.16. The molecule has 0 saturated carbocycles. The van der Waals surface area contributed by atoms with Crippen molar-refractivity contribution in [2.75, 3.05) is 10.8 Å². The van der Waals surface area contributed by atoms with E-state index < -0.39 is 10.0 Å². The lowest BCUT2D eigenvalue weighted by molar-refractivity contribution is 0.592. The van der Waals surface area contributed by atoms with E-state index in [2.05, 4.69) is 31.9 Å². The summed E-state index contributed by atoms with van der Waals surface area (Å²) in [5.74, 6) is 0. The van der Waals surface area contributed by atoms with Crippen LogP contribution in [-0.4, -0.2) is 15.0 Å². The van der Waals surface area contributed by atoms with Crippen LogP contribution in [0, 0.1) is 0 Å². The molecular formula is C14H11Br2NO2S. The van der Waals surface area contributed by atoms with E-state index in [4.69, 9.17) is 0 Å². The highest BCUT2D eigenvalue weighted by Gasteiger charge is 2.30. The first kappa shape index (κ1) is 14.1. The Kier molecular flexibility index (Phi) is 3.64. The standard InChI is InChI=1S/C14H11Br2NO2S/c15-11-1-4-13(5-2-11)20(18,19)17-8-7-10-9-12(16)3-6-14(10)17/h1-6,9H,7-8H2. The zero-order chi connectivity index (χ0) is 14.3. The van der Waals surface area contributed by atoms with Gasteiger partial charge in [0.15, 0.2) is 0 Å². The Bertz CT molecular complexity index is 757. The highest BCUT2D eigenvalue weighted by atomic mass is 79.9. The number of hydrogen-bond donors (Lipinski definition) is 0. The molecule has 0 radical (unpaired) electrons. The molecule has 1 aliphatic rings. The first-order chi connectivity index (χ1) is 9.48. The maximum absolute atomic E-state index is 12.7. The predicted molar refractivity (Wildman–Crippen MR) is 86.5 cm³/mol. The second-order valence-electron chi connectivity index (χ2n) is 4.55. The minimum absolute atomic E-state index is 0.316. The van der Waals surface area contributed by atoms with E-state index in [0.29, 0.717) is 11.4 Å². The van der Waals surface area contributed by atoms with Crippen molar-refractivity contribution >= 4 is 47.6 Å². The summed E-state index contributed by atoms with van der Waals surface area (Å²) in [6.45, 7) is 0.490. The number of sulfonamides is 1. The van der Waals surface area contributed by atoms with E-state index in [1.807, 2.05) is 18.2 Å². The van der Waals surface area contributed by atoms with Crippen LogP contribution in [0.25, 0.3) is 0 Å². The van der Waals surface area contributed by atoms with Gasteiger partial charge in [0.1, 0.15) is 0 Å². The van der Waals surface area contributed by atoms with Crippen LogP contribution in [0.2, 0.25) is 0 Å². The minimum atomic E-state index is -3.48. The maximum atomic E-state index is 12.7. The summed E-state index contributed by atoms with van der Waals surface area (Å²) in [6, 6.07) is 12.4. The molecule has 3 nitrogen and oxygen atoms in total. The molecule has 0 amide bonds. The van der Waals surface area contributed by atoms with Crippen molar-refractivity contribution in [2.45, 2.75) is 11.3 Å². The lowest BCUT2D eigenvalue weighted by atomic mass is 10.2. The molecule has 2 aromatic carbocycles. The minimum Gasteiger partial charge on any atom is -0.266 e. The van der Waals surface area contributed by atoms with Crippen LogP contribution in [0.3, 0.4) is 0 Å². The number of anilines is 1. The van der Waals surface area contributed by atoms with E-state index in [1.54, 1.807) is 24.3 Å². The Balaban J connectivity index is 2.05. The number of hydrogen-bond acceptors (Lipinski definition) is 2. The van der Waals surface area contributed by atoms with Crippen LogP contribution in [0.1, 0.15) is 5.56 Å². The van der Waals surface area contributed by atoms with Crippen LogP contribution in [0.15, 0.2) is 56.3 Å². The molecule has 0 aromatic heterocycles. The summed E-state index contributed by atoms with van der Waals surface area (Å²) in [4.78, 5) is 0.316. The molecule has 0 saturated heterocycles. The van der Waals surface area contributed by atoms with Crippen molar-refractivity contribution in [2.24, 2.45) is 0 Å². The predicted octanol–water partition coefficient (Wildman–Crippen LogP) is 3.96. The highest BCUT2D eigenvalue weighted by Crippen LogP contribution is 2.34. The topological polar surface area (TPSA) is 37.4 Å². The summed E-state index contributed by atoms with van der Waals surface area (Å²) in [6.07, 6.45) is 0.741. The molecule has 0 N–H and O–H groups in total. The number of rotatable bonds is 2. The normalized spacial score (nSPS) is 14.4. The fourth-order valence-corrected chi connectivity index (χ4v) is 4.50. The van der Waals surface area contributed by atoms with Gasteiger partial charge >= 0.3 is 0 Å². The van der Waals surface area contributed by atoms with Gasteiger partial charge in [-0.25, -0.2) is 8.42 Å². The molecule has 0 aliphatic carbocycles. The zero-order valence-corrected chi connectivity index (χ0v) is 14.4. The van der Waals surface area contributed by atoms with Gasteiger partial charge < -0.3 is 0 Å². The number of halogens is 2. The van der Waals surface area contributed by atoms with Crippen LogP contribution >= 0.6 is 31.9 Å². The summed E-state index contributed by atoms with van der Waals surface area (Å²) in [5.41, 5.74) is 1.83. The molecule has 1 heterocycles. The van der Waals surface area contributed by atoms with Gasteiger partial charge in [0.25, 0.3) is 10.0 Å². The molecule has 0 unspecified atom stereocenters. The van der Waals surface area contributed by atoms with Crippen molar-refractivity contribution in [3.8, 4) is 0 Å². The SMILES string of the molecule is O=S(=O)(c1ccc(Br)cc1)N1CCc2cc(Br)ccc21. The number of benzene rings is 2. The Morgan fingerprint density at radius 1 is 0.950 bits per heavy atom. The molecule has 0 spiro atoms. The van der Waals surface area contributed by atoms with Gasteiger partial charge in [-0.05, 0) is 54.4 Å². The van der Waals surface area contributed by atoms with E-state index in [9.17, 15) is 8.42 Å². The monoisotopic (exact) mass is 415 g/mol. The van der Waals surface area contributed by atoms with Crippen molar-refractivity contribution < 1.29 is 8.42 Å². The molecule has 0 atom stereocenters. The average molecular weight is 417 g/mol. The fourth-order valence-electron chi connectivity index (χ4n) is 2.32. The van der Waals surface area contributed by atoms with Gasteiger partial charge in [-0.1, -0.05) is 31.9 Å². The summed E-state index contributed by atoms with van der Waals surface area (Å²) < 4.78 is 28.7. The third kappa shape index (κ3) is 2.40. The number of nitrogens with zero attached hydrogens (tertiary/aromatic N) is 1. The van der Waals surface area contributed by atoms with Crippen molar-refractivity contribution in [3.63, 3.8) is 0 Å². The smallest absolute Gasteiger partial charge is 0.264 e. The van der Waals surface area contributed by atoms with Crippen LogP contribution < -0.4 is 4.31 Å². The zero-order valence-electron chi connectivity index (χ0n) is 10.4. The van der Waals surface area contributed by atoms with Gasteiger partial charge in [0.2, 0.25) is 0 Å². The molecule has 0 fully saturated rings. The molecule has 2 aromatic rings. The van der Waals surface area contributed by atoms with Crippen LogP contribution in [0.5, 0.6) is 0 Å². The Hall–Kier alpha value is -0.850. The first-order valence-corrected chi connectivity index (χ1v) is 9.08. The molecule has 0 bridgehead atoms. The maximum Gasteiger partial charge on any atom is 0.264 e. The van der Waals surface area contributed by atoms with Gasteiger partial charge in [-0.15, -0.1) is 0 Å². The van der Waals surface area contributed by atoms with E-state index >= 15 is 0 Å². The third-order valence-corrected chi connectivity index (χ3v) is 6.15.